The van der Waals surface area contributed by atoms with E-state index in [2.05, 4.69) is 15.4 Å². The molecule has 0 amide bonds. The number of aryl methyl sites for hydroxylation is 1. The van der Waals surface area contributed by atoms with Gasteiger partial charge in [-0.05, 0) is 24.5 Å². The van der Waals surface area contributed by atoms with Crippen LogP contribution in [0, 0.1) is 6.92 Å². The molecule has 3 nitrogen and oxygen atoms in total. The van der Waals surface area contributed by atoms with Gasteiger partial charge in [0.1, 0.15) is 5.01 Å². The number of hydrogen-bond acceptors (Lipinski definition) is 5. The summed E-state index contributed by atoms with van der Waals surface area (Å²) in [4.78, 5) is 6.53. The second kappa shape index (κ2) is 3.53. The van der Waals surface area contributed by atoms with Crippen LogP contribution >= 0.6 is 22.9 Å². The van der Waals surface area contributed by atoms with Gasteiger partial charge in [0.05, 0.1) is 15.4 Å². The van der Waals surface area contributed by atoms with Crippen LogP contribution in [0.25, 0.3) is 9.75 Å². The van der Waals surface area contributed by atoms with Crippen LogP contribution in [-0.4, -0.2) is 9.36 Å². The van der Waals surface area contributed by atoms with Gasteiger partial charge in [0, 0.05) is 12.7 Å². The summed E-state index contributed by atoms with van der Waals surface area (Å²) in [6, 6.07) is 2.07. The predicted octanol–water partition coefficient (Wildman–Crippen LogP) is 2.03. The van der Waals surface area contributed by atoms with Gasteiger partial charge in [-0.2, -0.15) is 4.37 Å². The molecule has 0 aliphatic heterocycles. The summed E-state index contributed by atoms with van der Waals surface area (Å²) in [6.45, 7) is 2.51. The van der Waals surface area contributed by atoms with E-state index in [9.17, 15) is 0 Å². The first-order valence-corrected chi connectivity index (χ1v) is 5.47. The maximum Gasteiger partial charge on any atom is 0.107 e. The summed E-state index contributed by atoms with van der Waals surface area (Å²) >= 11 is 3.14. The standard InChI is InChI=1S/C8H9N3S2/c1-5-2-6(13-11-5)7-4-10-8(3-9)12-7/h2,4H,3,9H2,1H3. The molecule has 0 aliphatic rings. The Morgan fingerprint density at radius 3 is 2.85 bits per heavy atom. The van der Waals surface area contributed by atoms with Gasteiger partial charge in [-0.25, -0.2) is 4.98 Å². The van der Waals surface area contributed by atoms with Crippen molar-refractivity contribution in [2.45, 2.75) is 13.5 Å². The number of nitrogens with two attached hydrogens (primary N) is 1. The molecular formula is C8H9N3S2. The molecule has 13 heavy (non-hydrogen) atoms. The number of hydrogen-bond donors (Lipinski definition) is 1. The van der Waals surface area contributed by atoms with Crippen LogP contribution < -0.4 is 5.73 Å². The minimum atomic E-state index is 0.516. The van der Waals surface area contributed by atoms with Crippen LogP contribution in [-0.2, 0) is 6.54 Å². The molecule has 68 valence electrons. The second-order valence-corrected chi connectivity index (χ2v) is 4.58. The minimum absolute atomic E-state index is 0.516. The Balaban J connectivity index is 2.35. The van der Waals surface area contributed by atoms with Gasteiger partial charge < -0.3 is 5.73 Å². The van der Waals surface area contributed by atoms with Gasteiger partial charge in [-0.1, -0.05) is 0 Å². The number of aromatic nitrogens is 2. The van der Waals surface area contributed by atoms with Gasteiger partial charge in [-0.3, -0.25) is 0 Å². The minimum Gasteiger partial charge on any atom is -0.325 e. The average Bonchev–Trinajstić information content (AvgIpc) is 2.71. The van der Waals surface area contributed by atoms with Crippen molar-refractivity contribution >= 4 is 22.9 Å². The fourth-order valence-corrected chi connectivity index (χ4v) is 2.60. The van der Waals surface area contributed by atoms with Crippen LogP contribution in [0.2, 0.25) is 0 Å². The van der Waals surface area contributed by atoms with Gasteiger partial charge in [-0.15, -0.1) is 11.3 Å². The molecule has 0 spiro atoms. The smallest absolute Gasteiger partial charge is 0.107 e. The molecule has 2 aromatic rings. The third-order valence-electron chi connectivity index (χ3n) is 1.60. The van der Waals surface area contributed by atoms with E-state index in [0.717, 1.165) is 15.6 Å². The molecule has 0 unspecified atom stereocenters. The van der Waals surface area contributed by atoms with Crippen molar-refractivity contribution in [2.24, 2.45) is 5.73 Å². The molecule has 2 heterocycles. The number of thiazole rings is 1. The lowest BCUT2D eigenvalue weighted by atomic mass is 10.4. The summed E-state index contributed by atoms with van der Waals surface area (Å²) in [5.74, 6) is 0. The lowest BCUT2D eigenvalue weighted by molar-refractivity contribution is 1.04. The van der Waals surface area contributed by atoms with E-state index in [1.807, 2.05) is 13.1 Å². The molecule has 2 N–H and O–H groups in total. The lowest BCUT2D eigenvalue weighted by Gasteiger charge is -1.84. The van der Waals surface area contributed by atoms with Crippen LogP contribution in [0.5, 0.6) is 0 Å². The molecule has 0 saturated heterocycles. The predicted molar refractivity (Wildman–Crippen MR) is 55.9 cm³/mol. The van der Waals surface area contributed by atoms with E-state index < -0.39 is 0 Å². The van der Waals surface area contributed by atoms with Crippen molar-refractivity contribution in [1.82, 2.24) is 9.36 Å². The highest BCUT2D eigenvalue weighted by Gasteiger charge is 2.05. The third-order valence-corrected chi connectivity index (χ3v) is 3.69. The molecule has 0 aliphatic carbocycles. The van der Waals surface area contributed by atoms with Crippen molar-refractivity contribution in [1.29, 1.82) is 0 Å². The second-order valence-electron chi connectivity index (χ2n) is 2.65. The molecule has 0 atom stereocenters. The Bertz CT molecular complexity index is 405. The lowest BCUT2D eigenvalue weighted by Crippen LogP contribution is -1.93. The molecule has 2 aromatic heterocycles. The zero-order valence-corrected chi connectivity index (χ0v) is 8.78. The Kier molecular flexibility index (Phi) is 2.39. The normalized spacial score (nSPS) is 10.6. The third kappa shape index (κ3) is 1.77. The van der Waals surface area contributed by atoms with Crippen molar-refractivity contribution < 1.29 is 0 Å². The van der Waals surface area contributed by atoms with E-state index in [-0.39, 0.29) is 0 Å². The molecular weight excluding hydrogens is 202 g/mol. The summed E-state index contributed by atoms with van der Waals surface area (Å²) in [5, 5.41) is 0.973. The Morgan fingerprint density at radius 1 is 1.46 bits per heavy atom. The quantitative estimate of drug-likeness (QED) is 0.827. The number of rotatable bonds is 2. The molecule has 0 bridgehead atoms. The maximum absolute atomic E-state index is 5.48. The first-order chi connectivity index (χ1) is 6.29. The SMILES string of the molecule is Cc1cc(-c2cnc(CN)s2)sn1. The zero-order valence-electron chi connectivity index (χ0n) is 7.15. The van der Waals surface area contributed by atoms with Gasteiger partial charge in [0.2, 0.25) is 0 Å². The van der Waals surface area contributed by atoms with Gasteiger partial charge >= 0.3 is 0 Å². The fourth-order valence-electron chi connectivity index (χ4n) is 0.998. The first-order valence-electron chi connectivity index (χ1n) is 3.88. The highest BCUT2D eigenvalue weighted by atomic mass is 32.1. The summed E-state index contributed by atoms with van der Waals surface area (Å²) in [6.07, 6.45) is 1.86. The monoisotopic (exact) mass is 211 g/mol. The van der Waals surface area contributed by atoms with Gasteiger partial charge in [0.15, 0.2) is 0 Å². The number of nitrogens with zero attached hydrogens (tertiary/aromatic N) is 2. The van der Waals surface area contributed by atoms with Crippen molar-refractivity contribution in [3.8, 4) is 9.75 Å². The molecule has 0 saturated carbocycles. The molecule has 5 heteroatoms. The highest BCUT2D eigenvalue weighted by molar-refractivity contribution is 7.19. The highest BCUT2D eigenvalue weighted by Crippen LogP contribution is 2.29. The summed E-state index contributed by atoms with van der Waals surface area (Å²) in [5.41, 5.74) is 6.54. The summed E-state index contributed by atoms with van der Waals surface area (Å²) < 4.78 is 4.22. The topological polar surface area (TPSA) is 51.8 Å². The Morgan fingerprint density at radius 2 is 2.31 bits per heavy atom. The average molecular weight is 211 g/mol. The first kappa shape index (κ1) is 8.80. The fraction of sp³-hybridized carbons (Fsp3) is 0.250. The van der Waals surface area contributed by atoms with E-state index in [0.29, 0.717) is 6.54 Å². The Labute approximate surface area is 84.4 Å². The van der Waals surface area contributed by atoms with Crippen LogP contribution in [0.1, 0.15) is 10.7 Å². The van der Waals surface area contributed by atoms with E-state index in [4.69, 9.17) is 5.73 Å². The molecule has 0 fully saturated rings. The Hall–Kier alpha value is -0.780. The molecule has 0 aromatic carbocycles. The van der Waals surface area contributed by atoms with Crippen molar-refractivity contribution in [3.05, 3.63) is 23.0 Å². The van der Waals surface area contributed by atoms with Crippen LogP contribution in [0.4, 0.5) is 0 Å². The zero-order chi connectivity index (χ0) is 9.26. The largest absolute Gasteiger partial charge is 0.325 e. The summed E-state index contributed by atoms with van der Waals surface area (Å²) in [7, 11) is 0. The maximum atomic E-state index is 5.48. The van der Waals surface area contributed by atoms with Crippen LogP contribution in [0.3, 0.4) is 0 Å². The van der Waals surface area contributed by atoms with E-state index >= 15 is 0 Å². The van der Waals surface area contributed by atoms with Gasteiger partial charge in [0.25, 0.3) is 0 Å². The van der Waals surface area contributed by atoms with Crippen molar-refractivity contribution in [2.75, 3.05) is 0 Å². The van der Waals surface area contributed by atoms with Crippen molar-refractivity contribution in [3.63, 3.8) is 0 Å². The van der Waals surface area contributed by atoms with E-state index in [1.165, 1.54) is 16.4 Å². The van der Waals surface area contributed by atoms with Crippen LogP contribution in [0.15, 0.2) is 12.3 Å². The van der Waals surface area contributed by atoms with E-state index in [1.54, 1.807) is 11.3 Å². The molecule has 2 rings (SSSR count). The molecule has 0 radical (unpaired) electrons.